The van der Waals surface area contributed by atoms with Gasteiger partial charge in [0, 0.05) is 5.69 Å². The molecule has 0 atom stereocenters. The van der Waals surface area contributed by atoms with Gasteiger partial charge in [-0.05, 0) is 30.1 Å². The molecule has 3 nitrogen and oxygen atoms in total. The summed E-state index contributed by atoms with van der Waals surface area (Å²) < 4.78 is 4.00. The van der Waals surface area contributed by atoms with Gasteiger partial charge in [0.15, 0.2) is 0 Å². The van der Waals surface area contributed by atoms with E-state index in [-0.39, 0.29) is 0 Å². The molecule has 4 heteroatoms. The molecule has 2 aromatic rings. The summed E-state index contributed by atoms with van der Waals surface area (Å²) in [7, 11) is 0. The Balaban J connectivity index is 1.97. The number of benzene rings is 1. The number of hydrogen-bond acceptors (Lipinski definition) is 4. The summed E-state index contributed by atoms with van der Waals surface area (Å²) in [5.74, 6) is 0. The first-order valence-corrected chi connectivity index (χ1v) is 6.26. The zero-order valence-corrected chi connectivity index (χ0v) is 10.1. The fraction of sp³-hybridized carbons (Fsp3) is 0.333. The Kier molecular flexibility index (Phi) is 3.88. The second-order valence-corrected chi connectivity index (χ2v) is 4.45. The van der Waals surface area contributed by atoms with Crippen molar-refractivity contribution in [1.29, 1.82) is 0 Å². The Labute approximate surface area is 99.7 Å². The maximum atomic E-state index is 4.15. The van der Waals surface area contributed by atoms with Gasteiger partial charge in [-0.2, -0.15) is 0 Å². The number of aromatic nitrogens is 2. The average Bonchev–Trinajstić information content (AvgIpc) is 2.76. The minimum absolute atomic E-state index is 0.816. The Morgan fingerprint density at radius 2 is 2.06 bits per heavy atom. The quantitative estimate of drug-likeness (QED) is 0.862. The van der Waals surface area contributed by atoms with Crippen LogP contribution in [0.3, 0.4) is 0 Å². The first kappa shape index (κ1) is 11.1. The first-order chi connectivity index (χ1) is 7.90. The van der Waals surface area contributed by atoms with Crippen LogP contribution in [-0.2, 0) is 13.0 Å². The van der Waals surface area contributed by atoms with Crippen molar-refractivity contribution in [2.24, 2.45) is 0 Å². The van der Waals surface area contributed by atoms with Gasteiger partial charge in [-0.25, -0.2) is 0 Å². The highest BCUT2D eigenvalue weighted by Gasteiger charge is 2.06. The number of anilines is 1. The molecule has 0 aliphatic rings. The zero-order chi connectivity index (χ0) is 11.2. The van der Waals surface area contributed by atoms with Crippen molar-refractivity contribution in [3.63, 3.8) is 0 Å². The summed E-state index contributed by atoms with van der Waals surface area (Å²) in [5, 5.41) is 7.52. The standard InChI is InChI=1S/C12H15N3S/c1-2-6-11-12(16-15-14-11)9-13-10-7-4-3-5-8-10/h3-5,7-8,13H,2,6,9H2,1H3. The molecule has 16 heavy (non-hydrogen) atoms. The minimum Gasteiger partial charge on any atom is -0.380 e. The lowest BCUT2D eigenvalue weighted by atomic mass is 10.2. The highest BCUT2D eigenvalue weighted by molar-refractivity contribution is 7.05. The van der Waals surface area contributed by atoms with Crippen LogP contribution in [0.15, 0.2) is 30.3 Å². The zero-order valence-electron chi connectivity index (χ0n) is 9.31. The van der Waals surface area contributed by atoms with Crippen molar-refractivity contribution in [2.75, 3.05) is 5.32 Å². The van der Waals surface area contributed by atoms with E-state index in [9.17, 15) is 0 Å². The number of hydrogen-bond donors (Lipinski definition) is 1. The van der Waals surface area contributed by atoms with Gasteiger partial charge >= 0.3 is 0 Å². The van der Waals surface area contributed by atoms with Crippen molar-refractivity contribution >= 4 is 17.2 Å². The molecule has 0 bridgehead atoms. The van der Waals surface area contributed by atoms with Crippen LogP contribution >= 0.6 is 11.5 Å². The van der Waals surface area contributed by atoms with Gasteiger partial charge < -0.3 is 5.32 Å². The van der Waals surface area contributed by atoms with E-state index in [1.54, 1.807) is 0 Å². The van der Waals surface area contributed by atoms with Crippen LogP contribution in [0.1, 0.15) is 23.9 Å². The molecule has 0 radical (unpaired) electrons. The third kappa shape index (κ3) is 2.79. The molecule has 0 saturated carbocycles. The van der Waals surface area contributed by atoms with Crippen LogP contribution in [0.4, 0.5) is 5.69 Å². The van der Waals surface area contributed by atoms with Crippen LogP contribution in [0.25, 0.3) is 0 Å². The molecule has 0 fully saturated rings. The molecule has 0 spiro atoms. The molecule has 84 valence electrons. The topological polar surface area (TPSA) is 37.8 Å². The second kappa shape index (κ2) is 5.61. The lowest BCUT2D eigenvalue weighted by Gasteiger charge is -2.04. The molecule has 1 aromatic heterocycles. The highest BCUT2D eigenvalue weighted by atomic mass is 32.1. The summed E-state index contributed by atoms with van der Waals surface area (Å²) in [6.07, 6.45) is 2.13. The SMILES string of the molecule is CCCc1nnsc1CNc1ccccc1. The van der Waals surface area contributed by atoms with E-state index in [1.807, 2.05) is 18.2 Å². The van der Waals surface area contributed by atoms with Crippen LogP contribution in [0, 0.1) is 0 Å². The van der Waals surface area contributed by atoms with Gasteiger partial charge in [0.2, 0.25) is 0 Å². The predicted octanol–water partition coefficient (Wildman–Crippen LogP) is 3.10. The van der Waals surface area contributed by atoms with Crippen molar-refractivity contribution in [2.45, 2.75) is 26.3 Å². The summed E-state index contributed by atoms with van der Waals surface area (Å²) in [6.45, 7) is 2.98. The fourth-order valence-electron chi connectivity index (χ4n) is 1.53. The van der Waals surface area contributed by atoms with Crippen molar-refractivity contribution in [3.05, 3.63) is 40.9 Å². The molecule has 1 aromatic carbocycles. The van der Waals surface area contributed by atoms with Crippen LogP contribution in [-0.4, -0.2) is 9.59 Å². The molecule has 0 saturated heterocycles. The molecule has 0 amide bonds. The van der Waals surface area contributed by atoms with Gasteiger partial charge in [-0.1, -0.05) is 36.0 Å². The second-order valence-electron chi connectivity index (χ2n) is 3.61. The van der Waals surface area contributed by atoms with Gasteiger partial charge in [0.1, 0.15) is 0 Å². The van der Waals surface area contributed by atoms with Crippen molar-refractivity contribution in [1.82, 2.24) is 9.59 Å². The van der Waals surface area contributed by atoms with Gasteiger partial charge in [-0.3, -0.25) is 0 Å². The van der Waals surface area contributed by atoms with E-state index in [4.69, 9.17) is 0 Å². The summed E-state index contributed by atoms with van der Waals surface area (Å²) in [4.78, 5) is 1.24. The molecular formula is C12H15N3S. The van der Waals surface area contributed by atoms with E-state index in [1.165, 1.54) is 16.4 Å². The number of para-hydroxylation sites is 1. The van der Waals surface area contributed by atoms with Gasteiger partial charge in [0.25, 0.3) is 0 Å². The number of aryl methyl sites for hydroxylation is 1. The summed E-state index contributed by atoms with van der Waals surface area (Å²) >= 11 is 1.49. The van der Waals surface area contributed by atoms with E-state index in [0.717, 1.165) is 30.8 Å². The number of rotatable bonds is 5. The normalized spacial score (nSPS) is 10.3. The van der Waals surface area contributed by atoms with E-state index in [2.05, 4.69) is 34.0 Å². The van der Waals surface area contributed by atoms with Crippen LogP contribution in [0.2, 0.25) is 0 Å². The van der Waals surface area contributed by atoms with Crippen LogP contribution in [0.5, 0.6) is 0 Å². The van der Waals surface area contributed by atoms with Gasteiger partial charge in [-0.15, -0.1) is 5.10 Å². The van der Waals surface area contributed by atoms with Crippen LogP contribution < -0.4 is 5.32 Å². The Bertz CT molecular complexity index is 425. The van der Waals surface area contributed by atoms with Gasteiger partial charge in [0.05, 0.1) is 17.1 Å². The first-order valence-electron chi connectivity index (χ1n) is 5.49. The average molecular weight is 233 g/mol. The monoisotopic (exact) mass is 233 g/mol. The molecule has 1 heterocycles. The summed E-state index contributed by atoms with van der Waals surface area (Å²) in [6, 6.07) is 10.2. The molecule has 1 N–H and O–H groups in total. The summed E-state index contributed by atoms with van der Waals surface area (Å²) in [5.41, 5.74) is 2.27. The van der Waals surface area contributed by atoms with Crippen molar-refractivity contribution in [3.8, 4) is 0 Å². The third-order valence-electron chi connectivity index (χ3n) is 2.35. The van der Waals surface area contributed by atoms with E-state index >= 15 is 0 Å². The fourth-order valence-corrected chi connectivity index (χ4v) is 2.15. The van der Waals surface area contributed by atoms with Crippen molar-refractivity contribution < 1.29 is 0 Å². The maximum Gasteiger partial charge on any atom is 0.0805 e. The molecule has 0 aliphatic carbocycles. The molecule has 0 aliphatic heterocycles. The Morgan fingerprint density at radius 1 is 1.25 bits per heavy atom. The highest BCUT2D eigenvalue weighted by Crippen LogP contribution is 2.15. The van der Waals surface area contributed by atoms with E-state index in [0.29, 0.717) is 0 Å². The lowest BCUT2D eigenvalue weighted by Crippen LogP contribution is -2.00. The smallest absolute Gasteiger partial charge is 0.0805 e. The molecular weight excluding hydrogens is 218 g/mol. The Morgan fingerprint density at radius 3 is 2.81 bits per heavy atom. The van der Waals surface area contributed by atoms with E-state index < -0.39 is 0 Å². The molecule has 2 rings (SSSR count). The minimum atomic E-state index is 0.816. The molecule has 0 unspecified atom stereocenters. The largest absolute Gasteiger partial charge is 0.380 e. The predicted molar refractivity (Wildman–Crippen MR) is 67.7 cm³/mol. The number of nitrogens with one attached hydrogen (secondary N) is 1. The number of nitrogens with zero attached hydrogens (tertiary/aromatic N) is 2. The Hall–Kier alpha value is -1.42. The third-order valence-corrected chi connectivity index (χ3v) is 3.11. The lowest BCUT2D eigenvalue weighted by molar-refractivity contribution is 0.855. The maximum absolute atomic E-state index is 4.15.